The number of aryl methyl sites for hydroxylation is 1. The number of benzene rings is 1. The van der Waals surface area contributed by atoms with Crippen molar-refractivity contribution in [3.63, 3.8) is 0 Å². The molecule has 0 atom stereocenters. The molecule has 4 nitrogen and oxygen atoms in total. The Morgan fingerprint density at radius 3 is 2.48 bits per heavy atom. The van der Waals surface area contributed by atoms with E-state index >= 15 is 0 Å². The van der Waals surface area contributed by atoms with E-state index in [1.807, 2.05) is 31.2 Å². The SMILES string of the molecule is Cc1cccc2cc(CCNC(=O)C34CC5CC(CC(C5)C3)C4)c(=O)[nH]c12. The fraction of sp³-hybridized carbons (Fsp3) is 0.565. The van der Waals surface area contributed by atoms with E-state index in [1.165, 1.54) is 19.3 Å². The van der Waals surface area contributed by atoms with Gasteiger partial charge in [0, 0.05) is 17.5 Å². The molecule has 0 spiro atoms. The van der Waals surface area contributed by atoms with Crippen LogP contribution in [0.1, 0.15) is 49.7 Å². The Kier molecular flexibility index (Phi) is 3.92. The first-order chi connectivity index (χ1) is 13.0. The third-order valence-electron chi connectivity index (χ3n) is 7.36. The lowest BCUT2D eigenvalue weighted by Crippen LogP contribution is -2.53. The Morgan fingerprint density at radius 2 is 1.81 bits per heavy atom. The molecule has 2 N–H and O–H groups in total. The van der Waals surface area contributed by atoms with Gasteiger partial charge < -0.3 is 10.3 Å². The quantitative estimate of drug-likeness (QED) is 0.869. The van der Waals surface area contributed by atoms with Crippen molar-refractivity contribution >= 4 is 16.8 Å². The lowest BCUT2D eigenvalue weighted by atomic mass is 9.49. The number of fused-ring (bicyclic) bond motifs is 1. The van der Waals surface area contributed by atoms with Crippen LogP contribution in [0.5, 0.6) is 0 Å². The van der Waals surface area contributed by atoms with Crippen LogP contribution in [0.15, 0.2) is 29.1 Å². The molecule has 4 bridgehead atoms. The first-order valence-electron chi connectivity index (χ1n) is 10.4. The molecule has 0 radical (unpaired) electrons. The summed E-state index contributed by atoms with van der Waals surface area (Å²) in [6.45, 7) is 2.55. The van der Waals surface area contributed by atoms with Crippen molar-refractivity contribution < 1.29 is 4.79 Å². The lowest BCUT2D eigenvalue weighted by molar-refractivity contribution is -0.146. The van der Waals surface area contributed by atoms with Crippen LogP contribution in [-0.4, -0.2) is 17.4 Å². The molecule has 4 aliphatic carbocycles. The van der Waals surface area contributed by atoms with E-state index in [-0.39, 0.29) is 16.9 Å². The van der Waals surface area contributed by atoms with Crippen LogP contribution in [0.4, 0.5) is 0 Å². The smallest absolute Gasteiger partial charge is 0.251 e. The van der Waals surface area contributed by atoms with E-state index in [1.54, 1.807) is 0 Å². The molecule has 1 heterocycles. The molecule has 142 valence electrons. The number of aromatic amines is 1. The number of hydrogen-bond acceptors (Lipinski definition) is 2. The van der Waals surface area contributed by atoms with E-state index < -0.39 is 0 Å². The minimum atomic E-state index is -0.109. The molecule has 1 aromatic heterocycles. The van der Waals surface area contributed by atoms with E-state index in [4.69, 9.17) is 0 Å². The van der Waals surface area contributed by atoms with Gasteiger partial charge in [0.15, 0.2) is 0 Å². The third kappa shape index (κ3) is 2.90. The van der Waals surface area contributed by atoms with Gasteiger partial charge in [-0.2, -0.15) is 0 Å². The van der Waals surface area contributed by atoms with Gasteiger partial charge in [-0.25, -0.2) is 0 Å². The zero-order chi connectivity index (χ0) is 18.6. The summed E-state index contributed by atoms with van der Waals surface area (Å²) in [5.41, 5.74) is 2.58. The number of rotatable bonds is 4. The molecule has 27 heavy (non-hydrogen) atoms. The second-order valence-corrected chi connectivity index (χ2v) is 9.37. The highest BCUT2D eigenvalue weighted by Crippen LogP contribution is 2.60. The predicted molar refractivity (Wildman–Crippen MR) is 107 cm³/mol. The molecule has 0 aliphatic heterocycles. The van der Waals surface area contributed by atoms with Gasteiger partial charge in [0.1, 0.15) is 0 Å². The van der Waals surface area contributed by atoms with Crippen molar-refractivity contribution in [3.05, 3.63) is 45.7 Å². The molecule has 2 aromatic rings. The molecule has 0 saturated heterocycles. The average molecular weight is 364 g/mol. The average Bonchev–Trinajstić information content (AvgIpc) is 2.62. The zero-order valence-electron chi connectivity index (χ0n) is 16.0. The number of amides is 1. The minimum absolute atomic E-state index is 0.0409. The molecule has 4 heteroatoms. The van der Waals surface area contributed by atoms with Gasteiger partial charge in [-0.15, -0.1) is 0 Å². The summed E-state index contributed by atoms with van der Waals surface area (Å²) in [4.78, 5) is 28.5. The number of pyridine rings is 1. The second kappa shape index (κ2) is 6.22. The zero-order valence-corrected chi connectivity index (χ0v) is 16.0. The number of carbonyl (C=O) groups is 1. The van der Waals surface area contributed by atoms with Gasteiger partial charge >= 0.3 is 0 Å². The number of nitrogens with one attached hydrogen (secondary N) is 2. The second-order valence-electron chi connectivity index (χ2n) is 9.37. The van der Waals surface area contributed by atoms with E-state index in [0.717, 1.165) is 59.0 Å². The van der Waals surface area contributed by atoms with Crippen molar-refractivity contribution in [2.75, 3.05) is 6.54 Å². The highest BCUT2D eigenvalue weighted by Gasteiger charge is 2.54. The van der Waals surface area contributed by atoms with Gasteiger partial charge in [0.05, 0.1) is 5.52 Å². The van der Waals surface area contributed by atoms with E-state index in [0.29, 0.717) is 13.0 Å². The number of carbonyl (C=O) groups excluding carboxylic acids is 1. The van der Waals surface area contributed by atoms with Gasteiger partial charge in [-0.3, -0.25) is 9.59 Å². The maximum absolute atomic E-state index is 13.0. The van der Waals surface area contributed by atoms with Crippen LogP contribution >= 0.6 is 0 Å². The topological polar surface area (TPSA) is 62.0 Å². The number of para-hydroxylation sites is 1. The molecular weight excluding hydrogens is 336 g/mol. The first-order valence-corrected chi connectivity index (χ1v) is 10.4. The minimum Gasteiger partial charge on any atom is -0.355 e. The lowest BCUT2D eigenvalue weighted by Gasteiger charge is -2.55. The van der Waals surface area contributed by atoms with Crippen molar-refractivity contribution in [1.29, 1.82) is 0 Å². The summed E-state index contributed by atoms with van der Waals surface area (Å²) in [6.07, 6.45) is 7.87. The fourth-order valence-electron chi connectivity index (χ4n) is 6.50. The van der Waals surface area contributed by atoms with E-state index in [9.17, 15) is 9.59 Å². The molecule has 6 rings (SSSR count). The van der Waals surface area contributed by atoms with Gasteiger partial charge in [-0.1, -0.05) is 18.2 Å². The molecule has 4 saturated carbocycles. The maximum Gasteiger partial charge on any atom is 0.251 e. The standard InChI is InChI=1S/C23H28N2O2/c1-14-3-2-4-18-10-19(21(26)25-20(14)18)5-6-24-22(27)23-11-15-7-16(12-23)9-17(8-15)13-23/h2-4,10,15-17H,5-9,11-13H2,1H3,(H,24,27)(H,25,26). The maximum atomic E-state index is 13.0. The Labute approximate surface area is 159 Å². The summed E-state index contributed by atoms with van der Waals surface area (Å²) < 4.78 is 0. The number of aromatic nitrogens is 1. The summed E-state index contributed by atoms with van der Waals surface area (Å²) in [5.74, 6) is 2.56. The van der Waals surface area contributed by atoms with E-state index in [2.05, 4.69) is 10.3 Å². The summed E-state index contributed by atoms with van der Waals surface area (Å²) >= 11 is 0. The van der Waals surface area contributed by atoms with Crippen molar-refractivity contribution in [2.24, 2.45) is 23.2 Å². The summed E-state index contributed by atoms with van der Waals surface area (Å²) in [6, 6.07) is 8.01. The Morgan fingerprint density at radius 1 is 1.15 bits per heavy atom. The molecule has 4 aliphatic rings. The normalized spacial score (nSPS) is 31.4. The number of hydrogen-bond donors (Lipinski definition) is 2. The highest BCUT2D eigenvalue weighted by atomic mass is 16.2. The molecule has 1 amide bonds. The Hall–Kier alpha value is -2.10. The van der Waals surface area contributed by atoms with Crippen LogP contribution in [0.2, 0.25) is 0 Å². The highest BCUT2D eigenvalue weighted by molar-refractivity contribution is 5.83. The van der Waals surface area contributed by atoms with Gasteiger partial charge in [0.2, 0.25) is 5.91 Å². The van der Waals surface area contributed by atoms with Crippen LogP contribution in [0.3, 0.4) is 0 Å². The van der Waals surface area contributed by atoms with Crippen LogP contribution < -0.4 is 10.9 Å². The van der Waals surface area contributed by atoms with Crippen LogP contribution in [0.25, 0.3) is 10.9 Å². The first kappa shape index (κ1) is 17.0. The molecule has 1 aromatic carbocycles. The third-order valence-corrected chi connectivity index (χ3v) is 7.36. The van der Waals surface area contributed by atoms with Gasteiger partial charge in [0.25, 0.3) is 5.56 Å². The Balaban J connectivity index is 1.27. The summed E-state index contributed by atoms with van der Waals surface area (Å²) in [7, 11) is 0. The van der Waals surface area contributed by atoms with Crippen molar-refractivity contribution in [2.45, 2.75) is 51.9 Å². The Bertz CT molecular complexity index is 923. The molecule has 0 unspecified atom stereocenters. The van der Waals surface area contributed by atoms with Crippen molar-refractivity contribution in [3.8, 4) is 0 Å². The molecular formula is C23H28N2O2. The number of H-pyrrole nitrogens is 1. The predicted octanol–water partition coefficient (Wildman–Crippen LogP) is 3.71. The van der Waals surface area contributed by atoms with Crippen LogP contribution in [0, 0.1) is 30.1 Å². The van der Waals surface area contributed by atoms with Gasteiger partial charge in [-0.05, 0) is 86.6 Å². The molecule has 4 fully saturated rings. The fourth-order valence-corrected chi connectivity index (χ4v) is 6.50. The van der Waals surface area contributed by atoms with Crippen molar-refractivity contribution in [1.82, 2.24) is 10.3 Å². The van der Waals surface area contributed by atoms with Crippen LogP contribution in [-0.2, 0) is 11.2 Å². The monoisotopic (exact) mass is 364 g/mol. The summed E-state index contributed by atoms with van der Waals surface area (Å²) in [5, 5.41) is 4.24. The largest absolute Gasteiger partial charge is 0.355 e.